The molecule has 8 heteroatoms. The van der Waals surface area contributed by atoms with Crippen molar-refractivity contribution in [3.63, 3.8) is 0 Å². The molecule has 2 amide bonds. The SMILES string of the molecule is COC(=O)NCCO[C@@](C)(c1cccc(Cl)c1)C1CCCN(C(=O)O)C1. The molecule has 1 unspecified atom stereocenters. The smallest absolute Gasteiger partial charge is 0.407 e. The van der Waals surface area contributed by atoms with Gasteiger partial charge in [0.25, 0.3) is 0 Å². The molecule has 2 atom stereocenters. The molecule has 0 radical (unpaired) electrons. The van der Waals surface area contributed by atoms with Crippen molar-refractivity contribution in [2.45, 2.75) is 25.4 Å². The number of hydrogen-bond acceptors (Lipinski definition) is 4. The van der Waals surface area contributed by atoms with E-state index in [-0.39, 0.29) is 19.1 Å². The highest BCUT2D eigenvalue weighted by Gasteiger charge is 2.40. The number of nitrogens with zero attached hydrogens (tertiary/aromatic N) is 1. The monoisotopic (exact) mass is 384 g/mol. The van der Waals surface area contributed by atoms with Gasteiger partial charge in [-0.3, -0.25) is 0 Å². The van der Waals surface area contributed by atoms with E-state index in [0.717, 1.165) is 18.4 Å². The average molecular weight is 385 g/mol. The summed E-state index contributed by atoms with van der Waals surface area (Å²) in [5.41, 5.74) is 0.164. The maximum Gasteiger partial charge on any atom is 0.407 e. The third-order valence-electron chi connectivity index (χ3n) is 4.83. The zero-order chi connectivity index (χ0) is 19.2. The summed E-state index contributed by atoms with van der Waals surface area (Å²) in [6.07, 6.45) is 0.178. The van der Waals surface area contributed by atoms with Crippen LogP contribution >= 0.6 is 11.6 Å². The van der Waals surface area contributed by atoms with Crippen LogP contribution in [0.25, 0.3) is 0 Å². The summed E-state index contributed by atoms with van der Waals surface area (Å²) in [5.74, 6) is -0.0241. The number of benzene rings is 1. The molecule has 0 aromatic heterocycles. The molecular weight excluding hydrogens is 360 g/mol. The number of nitrogens with one attached hydrogen (secondary N) is 1. The quantitative estimate of drug-likeness (QED) is 0.734. The number of ether oxygens (including phenoxy) is 2. The lowest BCUT2D eigenvalue weighted by Gasteiger charge is -2.43. The largest absolute Gasteiger partial charge is 0.465 e. The number of alkyl carbamates (subject to hydrolysis) is 1. The van der Waals surface area contributed by atoms with Gasteiger partial charge in [0.1, 0.15) is 0 Å². The second-order valence-electron chi connectivity index (χ2n) is 6.45. The minimum absolute atomic E-state index is 0.0241. The summed E-state index contributed by atoms with van der Waals surface area (Å²) in [6.45, 7) is 3.43. The molecular formula is C18H25ClN2O5. The maximum absolute atomic E-state index is 11.4. The summed E-state index contributed by atoms with van der Waals surface area (Å²) >= 11 is 6.16. The highest BCUT2D eigenvalue weighted by Crippen LogP contribution is 2.39. The lowest BCUT2D eigenvalue weighted by Crippen LogP contribution is -2.48. The van der Waals surface area contributed by atoms with E-state index in [4.69, 9.17) is 16.3 Å². The van der Waals surface area contributed by atoms with Crippen LogP contribution in [-0.2, 0) is 15.1 Å². The fourth-order valence-electron chi connectivity index (χ4n) is 3.32. The zero-order valence-corrected chi connectivity index (χ0v) is 15.8. The fourth-order valence-corrected chi connectivity index (χ4v) is 3.51. The topological polar surface area (TPSA) is 88.1 Å². The first-order chi connectivity index (χ1) is 12.4. The molecule has 1 saturated heterocycles. The summed E-state index contributed by atoms with van der Waals surface area (Å²) in [7, 11) is 1.30. The number of rotatable bonds is 6. The molecule has 1 fully saturated rings. The Morgan fingerprint density at radius 2 is 2.23 bits per heavy atom. The Morgan fingerprint density at radius 1 is 1.46 bits per heavy atom. The molecule has 1 aromatic carbocycles. The zero-order valence-electron chi connectivity index (χ0n) is 15.0. The van der Waals surface area contributed by atoms with Gasteiger partial charge >= 0.3 is 12.2 Å². The number of carbonyl (C=O) groups excluding carboxylic acids is 1. The first-order valence-electron chi connectivity index (χ1n) is 8.56. The third-order valence-corrected chi connectivity index (χ3v) is 5.06. The molecule has 0 bridgehead atoms. The van der Waals surface area contributed by atoms with Crippen LogP contribution in [0.15, 0.2) is 24.3 Å². The van der Waals surface area contributed by atoms with Crippen LogP contribution in [0.3, 0.4) is 0 Å². The Bertz CT molecular complexity index is 642. The molecule has 1 heterocycles. The molecule has 0 spiro atoms. The summed E-state index contributed by atoms with van der Waals surface area (Å²) in [6, 6.07) is 7.41. The van der Waals surface area contributed by atoms with Crippen molar-refractivity contribution < 1.29 is 24.2 Å². The predicted octanol–water partition coefficient (Wildman–Crippen LogP) is 3.32. The van der Waals surface area contributed by atoms with Gasteiger partial charge in [-0.15, -0.1) is 0 Å². The number of amides is 2. The van der Waals surface area contributed by atoms with Crippen LogP contribution in [-0.4, -0.2) is 55.5 Å². The number of hydrogen-bond donors (Lipinski definition) is 2. The summed E-state index contributed by atoms with van der Waals surface area (Å²) < 4.78 is 10.7. The molecule has 1 aliphatic heterocycles. The average Bonchev–Trinajstić information content (AvgIpc) is 2.64. The first kappa shape index (κ1) is 20.3. The molecule has 1 aromatic rings. The number of carboxylic acid groups (broad SMARTS) is 1. The Kier molecular flexibility index (Phi) is 7.11. The first-order valence-corrected chi connectivity index (χ1v) is 8.94. The van der Waals surface area contributed by atoms with E-state index >= 15 is 0 Å². The normalized spacial score (nSPS) is 19.5. The van der Waals surface area contributed by atoms with E-state index in [9.17, 15) is 14.7 Å². The van der Waals surface area contributed by atoms with Crippen molar-refractivity contribution in [1.29, 1.82) is 0 Å². The molecule has 7 nitrogen and oxygen atoms in total. The second kappa shape index (κ2) is 9.09. The van der Waals surface area contributed by atoms with Crippen LogP contribution < -0.4 is 5.32 Å². The number of carbonyl (C=O) groups is 2. The van der Waals surface area contributed by atoms with Gasteiger partial charge in [-0.2, -0.15) is 0 Å². The van der Waals surface area contributed by atoms with Crippen molar-refractivity contribution >= 4 is 23.8 Å². The Morgan fingerprint density at radius 3 is 2.88 bits per heavy atom. The van der Waals surface area contributed by atoms with Crippen molar-refractivity contribution in [1.82, 2.24) is 10.2 Å². The van der Waals surface area contributed by atoms with Crippen molar-refractivity contribution in [3.8, 4) is 0 Å². The van der Waals surface area contributed by atoms with E-state index in [1.54, 1.807) is 6.07 Å². The Labute approximate surface area is 158 Å². The van der Waals surface area contributed by atoms with Gasteiger partial charge < -0.3 is 24.8 Å². The Balaban J connectivity index is 2.18. The van der Waals surface area contributed by atoms with Crippen molar-refractivity contribution in [2.24, 2.45) is 5.92 Å². The van der Waals surface area contributed by atoms with E-state index in [1.165, 1.54) is 12.0 Å². The minimum Gasteiger partial charge on any atom is -0.465 e. The van der Waals surface area contributed by atoms with Crippen molar-refractivity contribution in [2.75, 3.05) is 33.4 Å². The molecule has 0 aliphatic carbocycles. The van der Waals surface area contributed by atoms with Gasteiger partial charge in [0.15, 0.2) is 0 Å². The summed E-state index contributed by atoms with van der Waals surface area (Å²) in [4.78, 5) is 24.0. The molecule has 26 heavy (non-hydrogen) atoms. The van der Waals surface area contributed by atoms with Gasteiger partial charge in [-0.1, -0.05) is 23.7 Å². The number of halogens is 1. The molecule has 2 rings (SSSR count). The third kappa shape index (κ3) is 5.02. The predicted molar refractivity (Wildman–Crippen MR) is 97.5 cm³/mol. The van der Waals surface area contributed by atoms with E-state index in [1.807, 2.05) is 25.1 Å². The van der Waals surface area contributed by atoms with Gasteiger partial charge in [0, 0.05) is 30.6 Å². The lowest BCUT2D eigenvalue weighted by molar-refractivity contribution is -0.0938. The van der Waals surface area contributed by atoms with Crippen LogP contribution in [0.4, 0.5) is 9.59 Å². The van der Waals surface area contributed by atoms with Gasteiger partial charge in [0.05, 0.1) is 19.3 Å². The second-order valence-corrected chi connectivity index (χ2v) is 6.89. The van der Waals surface area contributed by atoms with Gasteiger partial charge in [-0.05, 0) is 37.5 Å². The van der Waals surface area contributed by atoms with Crippen LogP contribution in [0.2, 0.25) is 5.02 Å². The highest BCUT2D eigenvalue weighted by atomic mass is 35.5. The highest BCUT2D eigenvalue weighted by molar-refractivity contribution is 6.30. The minimum atomic E-state index is -0.921. The molecule has 144 valence electrons. The van der Waals surface area contributed by atoms with Gasteiger partial charge in [0.2, 0.25) is 0 Å². The molecule has 1 aliphatic rings. The number of methoxy groups -OCH3 is 1. The van der Waals surface area contributed by atoms with Gasteiger partial charge in [-0.25, -0.2) is 9.59 Å². The maximum atomic E-state index is 11.4. The number of piperidine rings is 1. The lowest BCUT2D eigenvalue weighted by atomic mass is 9.78. The standard InChI is InChI=1S/C18H25ClN2O5/c1-18(13-5-3-7-15(19)11-13,26-10-8-20-16(22)25-2)14-6-4-9-21(12-14)17(23)24/h3,5,7,11,14H,4,6,8-10,12H2,1-2H3,(H,20,22)(H,23,24)/t14?,18-/m0/s1. The fraction of sp³-hybridized carbons (Fsp3) is 0.556. The molecule has 2 N–H and O–H groups in total. The van der Waals surface area contributed by atoms with E-state index in [0.29, 0.717) is 18.1 Å². The summed E-state index contributed by atoms with van der Waals surface area (Å²) in [5, 5.41) is 12.5. The Hall–Kier alpha value is -1.99. The number of likely N-dealkylation sites (tertiary alicyclic amines) is 1. The van der Waals surface area contributed by atoms with E-state index < -0.39 is 17.8 Å². The van der Waals surface area contributed by atoms with Crippen LogP contribution in [0.1, 0.15) is 25.3 Å². The van der Waals surface area contributed by atoms with Crippen molar-refractivity contribution in [3.05, 3.63) is 34.9 Å². The van der Waals surface area contributed by atoms with E-state index in [2.05, 4.69) is 10.1 Å². The van der Waals surface area contributed by atoms with Crippen LogP contribution in [0, 0.1) is 5.92 Å². The van der Waals surface area contributed by atoms with Crippen LogP contribution in [0.5, 0.6) is 0 Å². The molecule has 0 saturated carbocycles.